The van der Waals surface area contributed by atoms with Crippen LogP contribution in [0.25, 0.3) is 0 Å². The summed E-state index contributed by atoms with van der Waals surface area (Å²) in [5.74, 6) is 0. The first-order valence-corrected chi connectivity index (χ1v) is 6.28. The summed E-state index contributed by atoms with van der Waals surface area (Å²) in [5, 5.41) is 0. The maximum Gasteiger partial charge on any atom is 0.0337 e. The molecule has 0 bridgehead atoms. The lowest BCUT2D eigenvalue weighted by atomic mass is 10.00. The first kappa shape index (κ1) is 5.36. The zero-order valence-corrected chi connectivity index (χ0v) is 6.43. The van der Waals surface area contributed by atoms with Crippen molar-refractivity contribution in [2.24, 2.45) is 0 Å². The second-order valence-corrected chi connectivity index (χ2v) is 6.37. The third-order valence-corrected chi connectivity index (χ3v) is 4.64. The van der Waals surface area contributed by atoms with E-state index in [-0.39, 0.29) is 8.80 Å². The molecule has 0 aliphatic heterocycles. The Morgan fingerprint density at radius 2 is 1.86 bits per heavy atom. The summed E-state index contributed by atoms with van der Waals surface area (Å²) in [4.78, 5) is 0. The zero-order valence-electron chi connectivity index (χ0n) is 5.28. The standard InChI is InChI=1S/C6H14Si/c1-7(2)6-4-3-5-6/h6-7H,3-5H2,1-2H3. The van der Waals surface area contributed by atoms with Crippen LogP contribution in [0.4, 0.5) is 0 Å². The normalized spacial score (nSPS) is 22.7. The van der Waals surface area contributed by atoms with Crippen molar-refractivity contribution in [2.75, 3.05) is 0 Å². The smallest absolute Gasteiger partial charge is 0.0337 e. The third kappa shape index (κ3) is 1.06. The van der Waals surface area contributed by atoms with Gasteiger partial charge < -0.3 is 0 Å². The van der Waals surface area contributed by atoms with Gasteiger partial charge in [0, 0.05) is 8.80 Å². The second-order valence-electron chi connectivity index (χ2n) is 2.94. The second kappa shape index (κ2) is 1.99. The van der Waals surface area contributed by atoms with Crippen molar-refractivity contribution >= 4 is 8.80 Å². The van der Waals surface area contributed by atoms with Gasteiger partial charge in [0.15, 0.2) is 0 Å². The van der Waals surface area contributed by atoms with Gasteiger partial charge in [0.2, 0.25) is 0 Å². The van der Waals surface area contributed by atoms with Gasteiger partial charge in [-0.2, -0.15) is 0 Å². The topological polar surface area (TPSA) is 0 Å². The molecule has 0 radical (unpaired) electrons. The van der Waals surface area contributed by atoms with Gasteiger partial charge in [-0.1, -0.05) is 32.4 Å². The van der Waals surface area contributed by atoms with Crippen molar-refractivity contribution in [3.8, 4) is 0 Å². The highest BCUT2D eigenvalue weighted by atomic mass is 28.3. The zero-order chi connectivity index (χ0) is 5.28. The van der Waals surface area contributed by atoms with Gasteiger partial charge in [0.1, 0.15) is 0 Å². The van der Waals surface area contributed by atoms with Crippen LogP contribution in [0.1, 0.15) is 19.3 Å². The van der Waals surface area contributed by atoms with Crippen LogP contribution in [0.15, 0.2) is 0 Å². The maximum atomic E-state index is 2.46. The van der Waals surface area contributed by atoms with E-state index >= 15 is 0 Å². The summed E-state index contributed by atoms with van der Waals surface area (Å²) in [6.45, 7) is 4.92. The molecule has 0 unspecified atom stereocenters. The first-order chi connectivity index (χ1) is 3.30. The molecule has 0 nitrogen and oxygen atoms in total. The van der Waals surface area contributed by atoms with Crippen molar-refractivity contribution in [1.82, 2.24) is 0 Å². The van der Waals surface area contributed by atoms with Crippen molar-refractivity contribution in [2.45, 2.75) is 37.9 Å². The molecule has 0 spiro atoms. The van der Waals surface area contributed by atoms with Gasteiger partial charge >= 0.3 is 0 Å². The fourth-order valence-electron chi connectivity index (χ4n) is 1.11. The largest absolute Gasteiger partial charge is 0.0720 e. The Bertz CT molecular complexity index is 55.2. The molecule has 1 aliphatic rings. The number of rotatable bonds is 1. The van der Waals surface area contributed by atoms with Crippen molar-refractivity contribution in [3.05, 3.63) is 0 Å². The van der Waals surface area contributed by atoms with Crippen molar-refractivity contribution in [3.63, 3.8) is 0 Å². The highest BCUT2D eigenvalue weighted by molar-refractivity contribution is 6.57. The Kier molecular flexibility index (Phi) is 1.52. The molecule has 0 amide bonds. The fraction of sp³-hybridized carbons (Fsp3) is 1.00. The Hall–Kier alpha value is 0.217. The minimum Gasteiger partial charge on any atom is -0.0720 e. The van der Waals surface area contributed by atoms with E-state index < -0.39 is 0 Å². The summed E-state index contributed by atoms with van der Waals surface area (Å²) >= 11 is 0. The minimum absolute atomic E-state index is 0.178. The Balaban J connectivity index is 2.14. The number of hydrogen-bond acceptors (Lipinski definition) is 0. The average molecular weight is 114 g/mol. The van der Waals surface area contributed by atoms with Crippen LogP contribution in [0, 0.1) is 0 Å². The van der Waals surface area contributed by atoms with Crippen LogP contribution in [0.3, 0.4) is 0 Å². The fourth-order valence-corrected chi connectivity index (χ4v) is 2.91. The van der Waals surface area contributed by atoms with Crippen LogP contribution >= 0.6 is 0 Å². The SMILES string of the molecule is C[SiH](C)C1CCC1. The molecule has 0 saturated heterocycles. The molecule has 1 heteroatoms. The van der Waals surface area contributed by atoms with Crippen LogP contribution in [0.2, 0.25) is 18.6 Å². The van der Waals surface area contributed by atoms with E-state index in [1.165, 1.54) is 12.0 Å². The molecule has 0 aromatic carbocycles. The third-order valence-electron chi connectivity index (χ3n) is 2.09. The van der Waals surface area contributed by atoms with Crippen LogP contribution in [0.5, 0.6) is 0 Å². The molecule has 1 rings (SSSR count). The van der Waals surface area contributed by atoms with Gasteiger partial charge in [-0.15, -0.1) is 0 Å². The van der Waals surface area contributed by atoms with Crippen molar-refractivity contribution in [1.29, 1.82) is 0 Å². The molecular formula is C6H14Si. The minimum atomic E-state index is -0.178. The Labute approximate surface area is 47.5 Å². The molecule has 0 aromatic heterocycles. The average Bonchev–Trinajstić information content (AvgIpc) is 1.23. The Morgan fingerprint density at radius 3 is 1.86 bits per heavy atom. The lowest BCUT2D eigenvalue weighted by Gasteiger charge is -2.27. The first-order valence-electron chi connectivity index (χ1n) is 3.30. The lowest BCUT2D eigenvalue weighted by molar-refractivity contribution is 0.494. The number of hydrogen-bond donors (Lipinski definition) is 0. The van der Waals surface area contributed by atoms with E-state index in [0.717, 1.165) is 0 Å². The molecule has 1 fully saturated rings. The van der Waals surface area contributed by atoms with E-state index in [2.05, 4.69) is 13.1 Å². The molecule has 0 N–H and O–H groups in total. The summed E-state index contributed by atoms with van der Waals surface area (Å²) in [7, 11) is -0.178. The predicted octanol–water partition coefficient (Wildman–Crippen LogP) is 2.03. The van der Waals surface area contributed by atoms with Crippen LogP contribution in [-0.2, 0) is 0 Å². The monoisotopic (exact) mass is 114 g/mol. The molecular weight excluding hydrogens is 100 g/mol. The van der Waals surface area contributed by atoms with E-state index in [0.29, 0.717) is 0 Å². The quantitative estimate of drug-likeness (QED) is 0.458. The predicted molar refractivity (Wildman–Crippen MR) is 36.5 cm³/mol. The highest BCUT2D eigenvalue weighted by Crippen LogP contribution is 2.34. The van der Waals surface area contributed by atoms with Gasteiger partial charge in [-0.05, 0) is 5.54 Å². The van der Waals surface area contributed by atoms with Crippen molar-refractivity contribution < 1.29 is 0 Å². The Morgan fingerprint density at radius 1 is 1.29 bits per heavy atom. The summed E-state index contributed by atoms with van der Waals surface area (Å²) in [6, 6.07) is 0. The van der Waals surface area contributed by atoms with Crippen LogP contribution < -0.4 is 0 Å². The van der Waals surface area contributed by atoms with Gasteiger partial charge in [-0.25, -0.2) is 0 Å². The molecule has 0 atom stereocenters. The summed E-state index contributed by atoms with van der Waals surface area (Å²) in [6.07, 6.45) is 4.64. The van der Waals surface area contributed by atoms with Gasteiger partial charge in [-0.3, -0.25) is 0 Å². The highest BCUT2D eigenvalue weighted by Gasteiger charge is 2.20. The summed E-state index contributed by atoms with van der Waals surface area (Å²) < 4.78 is 0. The molecule has 0 aromatic rings. The van der Waals surface area contributed by atoms with E-state index in [1.807, 2.05) is 0 Å². The van der Waals surface area contributed by atoms with Crippen LogP contribution in [-0.4, -0.2) is 8.80 Å². The molecule has 42 valence electrons. The molecule has 1 saturated carbocycles. The van der Waals surface area contributed by atoms with E-state index in [4.69, 9.17) is 0 Å². The molecule has 7 heavy (non-hydrogen) atoms. The van der Waals surface area contributed by atoms with Gasteiger partial charge in [0.05, 0.1) is 0 Å². The molecule has 0 heterocycles. The lowest BCUT2D eigenvalue weighted by Crippen LogP contribution is -2.18. The molecule has 1 aliphatic carbocycles. The maximum absolute atomic E-state index is 2.46. The summed E-state index contributed by atoms with van der Waals surface area (Å²) in [5.41, 5.74) is 1.22. The van der Waals surface area contributed by atoms with E-state index in [9.17, 15) is 0 Å². The van der Waals surface area contributed by atoms with E-state index in [1.54, 1.807) is 12.8 Å². The van der Waals surface area contributed by atoms with Gasteiger partial charge in [0.25, 0.3) is 0 Å².